The minimum Gasteiger partial charge on any atom is -0.397 e. The Morgan fingerprint density at radius 1 is 0.839 bits per heavy atom. The number of pyridine rings is 1. The van der Waals surface area contributed by atoms with E-state index in [4.69, 9.17) is 10.7 Å². The van der Waals surface area contributed by atoms with Gasteiger partial charge in [0.25, 0.3) is 0 Å². The highest BCUT2D eigenvalue weighted by molar-refractivity contribution is 9.10. The number of halogens is 1. The van der Waals surface area contributed by atoms with E-state index < -0.39 is 0 Å². The number of thiophene rings is 1. The van der Waals surface area contributed by atoms with Gasteiger partial charge in [-0.3, -0.25) is 4.79 Å². The van der Waals surface area contributed by atoms with E-state index in [2.05, 4.69) is 34.1 Å². The fourth-order valence-corrected chi connectivity index (χ4v) is 5.20. The van der Waals surface area contributed by atoms with Crippen molar-refractivity contribution < 1.29 is 4.79 Å². The van der Waals surface area contributed by atoms with Gasteiger partial charge in [0.05, 0.1) is 11.4 Å². The van der Waals surface area contributed by atoms with Crippen molar-refractivity contribution in [3.8, 4) is 22.4 Å². The van der Waals surface area contributed by atoms with Crippen LogP contribution >= 0.6 is 27.3 Å². The number of nitrogen functional groups attached to an aromatic ring is 1. The highest BCUT2D eigenvalue weighted by Crippen LogP contribution is 2.42. The van der Waals surface area contributed by atoms with Gasteiger partial charge in [-0.2, -0.15) is 0 Å². The number of nitrogens with two attached hydrogens (primary N) is 1. The largest absolute Gasteiger partial charge is 0.397 e. The molecular weight excluding hydrogens is 468 g/mol. The molecule has 0 amide bonds. The Hall–Kier alpha value is -3.28. The maximum Gasteiger partial charge on any atom is 0.206 e. The van der Waals surface area contributed by atoms with Crippen molar-refractivity contribution in [1.82, 2.24) is 4.98 Å². The summed E-state index contributed by atoms with van der Waals surface area (Å²) in [6, 6.07) is 29.6. The molecule has 0 spiro atoms. The fraction of sp³-hybridized carbons (Fsp3) is 0. The zero-order chi connectivity index (χ0) is 21.4. The number of anilines is 1. The first-order valence-corrected chi connectivity index (χ1v) is 11.4. The number of hydrogen-bond acceptors (Lipinski definition) is 4. The number of hydrogen-bond donors (Lipinski definition) is 1. The van der Waals surface area contributed by atoms with Gasteiger partial charge in [0.2, 0.25) is 5.78 Å². The average molecular weight is 485 g/mol. The smallest absolute Gasteiger partial charge is 0.206 e. The number of benzene rings is 3. The molecular formula is C26H17BrN2OS. The third-order valence-corrected chi connectivity index (χ3v) is 6.97. The minimum atomic E-state index is -0.103. The summed E-state index contributed by atoms with van der Waals surface area (Å²) in [5, 5.41) is 0.825. The van der Waals surface area contributed by atoms with E-state index in [1.165, 1.54) is 11.3 Å². The van der Waals surface area contributed by atoms with Gasteiger partial charge in [-0.25, -0.2) is 4.98 Å². The summed E-state index contributed by atoms with van der Waals surface area (Å²) in [5.74, 6) is -0.103. The molecule has 0 atom stereocenters. The van der Waals surface area contributed by atoms with Crippen molar-refractivity contribution >= 4 is 49.0 Å². The van der Waals surface area contributed by atoms with Crippen LogP contribution in [0.5, 0.6) is 0 Å². The van der Waals surface area contributed by atoms with Gasteiger partial charge in [-0.1, -0.05) is 88.7 Å². The van der Waals surface area contributed by atoms with Crippen molar-refractivity contribution in [2.75, 3.05) is 5.73 Å². The molecule has 5 aromatic rings. The molecule has 0 saturated carbocycles. The molecule has 5 rings (SSSR count). The van der Waals surface area contributed by atoms with Gasteiger partial charge in [-0.05, 0) is 29.3 Å². The Morgan fingerprint density at radius 3 is 2.13 bits per heavy atom. The second-order valence-corrected chi connectivity index (χ2v) is 8.97. The third kappa shape index (κ3) is 3.56. The van der Waals surface area contributed by atoms with Crippen LogP contribution in [0.25, 0.3) is 32.6 Å². The lowest BCUT2D eigenvalue weighted by molar-refractivity contribution is 0.104. The lowest BCUT2D eigenvalue weighted by Crippen LogP contribution is -2.03. The Bertz CT molecular complexity index is 1410. The molecule has 0 aliphatic heterocycles. The number of carbonyl (C=O) groups excluding carboxylic acids is 1. The van der Waals surface area contributed by atoms with Crippen molar-refractivity contribution in [1.29, 1.82) is 0 Å². The lowest BCUT2D eigenvalue weighted by atomic mass is 9.99. The van der Waals surface area contributed by atoms with Crippen LogP contribution in [-0.4, -0.2) is 10.8 Å². The molecule has 31 heavy (non-hydrogen) atoms. The maximum absolute atomic E-state index is 13.3. The van der Waals surface area contributed by atoms with Crippen LogP contribution in [0.2, 0.25) is 0 Å². The van der Waals surface area contributed by atoms with Crippen LogP contribution in [0.4, 0.5) is 5.69 Å². The van der Waals surface area contributed by atoms with E-state index in [0.717, 1.165) is 37.1 Å². The van der Waals surface area contributed by atoms with Crippen LogP contribution in [0.15, 0.2) is 95.5 Å². The molecule has 0 unspecified atom stereocenters. The highest BCUT2D eigenvalue weighted by Gasteiger charge is 2.23. The standard InChI is InChI=1S/C26H17BrN2OS/c27-20-14-8-7-13-18(20)24(30)25-23(28)22-19(16-9-3-1-4-10-16)15-21(29-26(22)31-25)17-11-5-2-6-12-17/h1-15H,28H2. The van der Waals surface area contributed by atoms with Gasteiger partial charge in [0.1, 0.15) is 9.71 Å². The molecule has 5 heteroatoms. The quantitative estimate of drug-likeness (QED) is 0.274. The minimum absolute atomic E-state index is 0.103. The average Bonchev–Trinajstić information content (AvgIpc) is 3.16. The molecule has 0 radical (unpaired) electrons. The van der Waals surface area contributed by atoms with Crippen molar-refractivity contribution in [2.24, 2.45) is 0 Å². The zero-order valence-electron chi connectivity index (χ0n) is 16.4. The third-order valence-electron chi connectivity index (χ3n) is 5.18. The number of aromatic nitrogens is 1. The Morgan fingerprint density at radius 2 is 1.45 bits per heavy atom. The van der Waals surface area contributed by atoms with Crippen molar-refractivity contribution in [2.45, 2.75) is 0 Å². The predicted octanol–water partition coefficient (Wildman–Crippen LogP) is 7.21. The summed E-state index contributed by atoms with van der Waals surface area (Å²) >= 11 is 4.83. The van der Waals surface area contributed by atoms with E-state index in [1.54, 1.807) is 6.07 Å². The molecule has 0 aliphatic carbocycles. The highest BCUT2D eigenvalue weighted by atomic mass is 79.9. The van der Waals surface area contributed by atoms with Gasteiger partial charge in [0, 0.05) is 21.0 Å². The number of carbonyl (C=O) groups is 1. The summed E-state index contributed by atoms with van der Waals surface area (Å²) in [6.07, 6.45) is 0. The molecule has 0 fully saturated rings. The summed E-state index contributed by atoms with van der Waals surface area (Å²) in [6.45, 7) is 0. The maximum atomic E-state index is 13.3. The molecule has 3 aromatic carbocycles. The molecule has 0 saturated heterocycles. The van der Waals surface area contributed by atoms with Crippen molar-refractivity contribution in [3.63, 3.8) is 0 Å². The van der Waals surface area contributed by atoms with E-state index in [0.29, 0.717) is 16.1 Å². The van der Waals surface area contributed by atoms with Crippen LogP contribution in [0, 0.1) is 0 Å². The Kier molecular flexibility index (Phi) is 5.14. The molecule has 2 N–H and O–H groups in total. The predicted molar refractivity (Wildman–Crippen MR) is 132 cm³/mol. The monoisotopic (exact) mass is 484 g/mol. The lowest BCUT2D eigenvalue weighted by Gasteiger charge is -2.09. The number of ketones is 1. The Labute approximate surface area is 192 Å². The molecule has 2 heterocycles. The van der Waals surface area contributed by atoms with Gasteiger partial charge in [0.15, 0.2) is 0 Å². The summed E-state index contributed by atoms with van der Waals surface area (Å²) in [5.41, 5.74) is 11.5. The first-order chi connectivity index (χ1) is 15.1. The van der Waals surface area contributed by atoms with E-state index in [1.807, 2.05) is 66.7 Å². The van der Waals surface area contributed by atoms with Crippen LogP contribution in [-0.2, 0) is 0 Å². The van der Waals surface area contributed by atoms with Gasteiger partial charge >= 0.3 is 0 Å². The first-order valence-electron chi connectivity index (χ1n) is 9.76. The van der Waals surface area contributed by atoms with Crippen LogP contribution in [0.3, 0.4) is 0 Å². The summed E-state index contributed by atoms with van der Waals surface area (Å²) < 4.78 is 0.748. The zero-order valence-corrected chi connectivity index (χ0v) is 18.8. The second kappa shape index (κ2) is 8.10. The van der Waals surface area contributed by atoms with E-state index in [-0.39, 0.29) is 5.78 Å². The number of fused-ring (bicyclic) bond motifs is 1. The SMILES string of the molecule is Nc1c(C(=O)c2ccccc2Br)sc2nc(-c3ccccc3)cc(-c3ccccc3)c12. The van der Waals surface area contributed by atoms with E-state index in [9.17, 15) is 4.79 Å². The second-order valence-electron chi connectivity index (χ2n) is 7.12. The van der Waals surface area contributed by atoms with Crippen LogP contribution < -0.4 is 5.73 Å². The number of nitrogens with zero attached hydrogens (tertiary/aromatic N) is 1. The van der Waals surface area contributed by atoms with Crippen molar-refractivity contribution in [3.05, 3.63) is 106 Å². The summed E-state index contributed by atoms with van der Waals surface area (Å²) in [7, 11) is 0. The molecule has 0 aliphatic rings. The fourth-order valence-electron chi connectivity index (χ4n) is 3.66. The number of rotatable bonds is 4. The Balaban J connectivity index is 1.77. The molecule has 2 aromatic heterocycles. The molecule has 3 nitrogen and oxygen atoms in total. The van der Waals surface area contributed by atoms with E-state index >= 15 is 0 Å². The molecule has 150 valence electrons. The first kappa shape index (κ1) is 19.7. The normalized spacial score (nSPS) is 11.0. The molecule has 0 bridgehead atoms. The van der Waals surface area contributed by atoms with Gasteiger partial charge in [-0.15, -0.1) is 11.3 Å². The van der Waals surface area contributed by atoms with Gasteiger partial charge < -0.3 is 5.73 Å². The topological polar surface area (TPSA) is 56.0 Å². The summed E-state index contributed by atoms with van der Waals surface area (Å²) in [4.78, 5) is 19.5. The van der Waals surface area contributed by atoms with Crippen LogP contribution in [0.1, 0.15) is 15.2 Å².